The average Bonchev–Trinajstić information content (AvgIpc) is 2.06. The second kappa shape index (κ2) is 7.10. The zero-order valence-electron chi connectivity index (χ0n) is 7.90. The van der Waals surface area contributed by atoms with E-state index < -0.39 is 5.97 Å². The Balaban J connectivity index is 0.000000310. The van der Waals surface area contributed by atoms with E-state index in [4.69, 9.17) is 9.90 Å². The number of aliphatic carboxylic acids is 1. The quantitative estimate of drug-likeness (QED) is 0.718. The number of hydrogen-bond donors (Lipinski definition) is 1. The van der Waals surface area contributed by atoms with Crippen LogP contribution in [0.5, 0.6) is 0 Å². The zero-order chi connectivity index (χ0) is 10.1. The van der Waals surface area contributed by atoms with Crippen LogP contribution in [0.3, 0.4) is 0 Å². The minimum absolute atomic E-state index is 0.833. The van der Waals surface area contributed by atoms with Crippen LogP contribution in [-0.4, -0.2) is 11.1 Å². The Hall–Kier alpha value is -1.57. The van der Waals surface area contributed by atoms with Crippen molar-refractivity contribution in [2.24, 2.45) is 0 Å². The fourth-order valence-electron chi connectivity index (χ4n) is 0.757. The third-order valence-corrected chi connectivity index (χ3v) is 1.16. The summed E-state index contributed by atoms with van der Waals surface area (Å²) < 4.78 is 0. The Bertz CT molecular complexity index is 259. The molecule has 0 radical (unpaired) electrons. The standard InChI is InChI=1S/C9H10.C2H4O2/c1-2-6-9-7-4-3-5-8-9;1-2(3)4/h2-8H,1H3;1H3,(H,3,4). The number of carbonyl (C=O) groups is 1. The minimum atomic E-state index is -0.833. The van der Waals surface area contributed by atoms with Crippen LogP contribution in [0.15, 0.2) is 36.4 Å². The van der Waals surface area contributed by atoms with Gasteiger partial charge >= 0.3 is 0 Å². The first kappa shape index (κ1) is 11.4. The van der Waals surface area contributed by atoms with Crippen LogP contribution < -0.4 is 0 Å². The first-order valence-electron chi connectivity index (χ1n) is 4.04. The van der Waals surface area contributed by atoms with Crippen LogP contribution in [0.2, 0.25) is 0 Å². The highest BCUT2D eigenvalue weighted by Crippen LogP contribution is 1.99. The molecule has 1 N–H and O–H groups in total. The van der Waals surface area contributed by atoms with E-state index in [2.05, 4.69) is 18.2 Å². The summed E-state index contributed by atoms with van der Waals surface area (Å²) in [5.74, 6) is -0.833. The van der Waals surface area contributed by atoms with Crippen molar-refractivity contribution in [3.05, 3.63) is 42.0 Å². The molecule has 2 heteroatoms. The number of benzene rings is 1. The van der Waals surface area contributed by atoms with Gasteiger partial charge in [0.15, 0.2) is 0 Å². The van der Waals surface area contributed by atoms with Gasteiger partial charge in [-0.15, -0.1) is 0 Å². The highest BCUT2D eigenvalue weighted by molar-refractivity contribution is 5.62. The van der Waals surface area contributed by atoms with Gasteiger partial charge in [-0.25, -0.2) is 0 Å². The summed E-state index contributed by atoms with van der Waals surface area (Å²) in [6.07, 6.45) is 4.12. The molecule has 0 aromatic heterocycles. The van der Waals surface area contributed by atoms with Gasteiger partial charge in [0.1, 0.15) is 0 Å². The maximum Gasteiger partial charge on any atom is 0.300 e. The van der Waals surface area contributed by atoms with Crippen LogP contribution in [-0.2, 0) is 4.79 Å². The summed E-state index contributed by atoms with van der Waals surface area (Å²) in [4.78, 5) is 9.00. The normalized spacial score (nSPS) is 9.08. The van der Waals surface area contributed by atoms with E-state index >= 15 is 0 Å². The second-order valence-corrected chi connectivity index (χ2v) is 2.43. The first-order chi connectivity index (χ1) is 6.16. The van der Waals surface area contributed by atoms with Crippen molar-refractivity contribution in [2.75, 3.05) is 0 Å². The molecular formula is C11H14O2. The predicted molar refractivity (Wildman–Crippen MR) is 54.5 cm³/mol. The predicted octanol–water partition coefficient (Wildman–Crippen LogP) is 2.81. The van der Waals surface area contributed by atoms with Crippen LogP contribution >= 0.6 is 0 Å². The van der Waals surface area contributed by atoms with E-state index in [-0.39, 0.29) is 0 Å². The number of rotatable bonds is 1. The summed E-state index contributed by atoms with van der Waals surface area (Å²) >= 11 is 0. The Labute approximate surface area is 78.5 Å². The molecule has 0 amide bonds. The van der Waals surface area contributed by atoms with Crippen LogP contribution in [0.1, 0.15) is 19.4 Å². The van der Waals surface area contributed by atoms with E-state index in [1.807, 2.05) is 31.2 Å². The van der Waals surface area contributed by atoms with Crippen molar-refractivity contribution in [3.8, 4) is 0 Å². The van der Waals surface area contributed by atoms with Gasteiger partial charge in [-0.05, 0) is 12.5 Å². The van der Waals surface area contributed by atoms with Crippen molar-refractivity contribution in [1.29, 1.82) is 0 Å². The fraction of sp³-hybridized carbons (Fsp3) is 0.182. The molecule has 0 heterocycles. The third-order valence-electron chi connectivity index (χ3n) is 1.16. The number of carboxylic acid groups (broad SMARTS) is 1. The monoisotopic (exact) mass is 178 g/mol. The molecule has 1 aromatic rings. The Morgan fingerprint density at radius 2 is 1.77 bits per heavy atom. The zero-order valence-corrected chi connectivity index (χ0v) is 7.90. The van der Waals surface area contributed by atoms with Gasteiger partial charge in [0.2, 0.25) is 0 Å². The second-order valence-electron chi connectivity index (χ2n) is 2.43. The largest absolute Gasteiger partial charge is 0.481 e. The number of carboxylic acids is 1. The minimum Gasteiger partial charge on any atom is -0.481 e. The van der Waals surface area contributed by atoms with E-state index in [1.54, 1.807) is 0 Å². The van der Waals surface area contributed by atoms with Crippen molar-refractivity contribution >= 4 is 12.0 Å². The van der Waals surface area contributed by atoms with Crippen LogP contribution in [0, 0.1) is 0 Å². The molecule has 1 aromatic carbocycles. The maximum absolute atomic E-state index is 9.00. The highest BCUT2D eigenvalue weighted by Gasteiger charge is 1.77. The summed E-state index contributed by atoms with van der Waals surface area (Å²) in [5, 5.41) is 7.42. The molecule has 0 atom stereocenters. The number of allylic oxidation sites excluding steroid dienone is 1. The summed E-state index contributed by atoms with van der Waals surface area (Å²) in [6.45, 7) is 3.10. The van der Waals surface area contributed by atoms with Crippen molar-refractivity contribution in [2.45, 2.75) is 13.8 Å². The average molecular weight is 178 g/mol. The Morgan fingerprint density at radius 3 is 2.15 bits per heavy atom. The number of hydrogen-bond acceptors (Lipinski definition) is 1. The lowest BCUT2D eigenvalue weighted by Gasteiger charge is -1.86. The first-order valence-corrected chi connectivity index (χ1v) is 4.04. The van der Waals surface area contributed by atoms with E-state index in [0.29, 0.717) is 0 Å². The third kappa shape index (κ3) is 8.34. The maximum atomic E-state index is 9.00. The molecule has 0 saturated carbocycles. The molecule has 2 nitrogen and oxygen atoms in total. The van der Waals surface area contributed by atoms with Crippen molar-refractivity contribution in [1.82, 2.24) is 0 Å². The van der Waals surface area contributed by atoms with Crippen LogP contribution in [0.25, 0.3) is 6.08 Å². The topological polar surface area (TPSA) is 37.3 Å². The summed E-state index contributed by atoms with van der Waals surface area (Å²) in [5.41, 5.74) is 1.26. The van der Waals surface area contributed by atoms with Gasteiger partial charge in [-0.3, -0.25) is 4.79 Å². The van der Waals surface area contributed by atoms with Gasteiger partial charge in [0.05, 0.1) is 0 Å². The molecule has 0 unspecified atom stereocenters. The molecule has 13 heavy (non-hydrogen) atoms. The molecule has 0 bridgehead atoms. The lowest BCUT2D eigenvalue weighted by Crippen LogP contribution is -1.78. The smallest absolute Gasteiger partial charge is 0.300 e. The van der Waals surface area contributed by atoms with Gasteiger partial charge in [-0.1, -0.05) is 42.5 Å². The Morgan fingerprint density at radius 1 is 1.31 bits per heavy atom. The lowest BCUT2D eigenvalue weighted by atomic mass is 10.2. The van der Waals surface area contributed by atoms with Crippen molar-refractivity contribution < 1.29 is 9.90 Å². The molecule has 0 spiro atoms. The van der Waals surface area contributed by atoms with E-state index in [1.165, 1.54) is 5.56 Å². The SMILES string of the molecule is CC(=O)O.CC=Cc1ccccc1. The van der Waals surface area contributed by atoms with Gasteiger partial charge < -0.3 is 5.11 Å². The summed E-state index contributed by atoms with van der Waals surface area (Å²) in [6, 6.07) is 10.3. The molecule has 1 rings (SSSR count). The molecule has 0 aliphatic rings. The molecule has 70 valence electrons. The van der Waals surface area contributed by atoms with Crippen molar-refractivity contribution in [3.63, 3.8) is 0 Å². The van der Waals surface area contributed by atoms with Gasteiger partial charge in [0, 0.05) is 6.92 Å². The van der Waals surface area contributed by atoms with E-state index in [0.717, 1.165) is 6.92 Å². The van der Waals surface area contributed by atoms with Gasteiger partial charge in [-0.2, -0.15) is 0 Å². The molecular weight excluding hydrogens is 164 g/mol. The summed E-state index contributed by atoms with van der Waals surface area (Å²) in [7, 11) is 0. The molecule has 0 saturated heterocycles. The molecule has 0 aliphatic heterocycles. The van der Waals surface area contributed by atoms with Gasteiger partial charge in [0.25, 0.3) is 5.97 Å². The van der Waals surface area contributed by atoms with E-state index in [9.17, 15) is 0 Å². The van der Waals surface area contributed by atoms with Crippen LogP contribution in [0.4, 0.5) is 0 Å². The lowest BCUT2D eigenvalue weighted by molar-refractivity contribution is -0.134. The Kier molecular flexibility index (Phi) is 6.24. The molecule has 0 fully saturated rings. The molecule has 0 aliphatic carbocycles. The fourth-order valence-corrected chi connectivity index (χ4v) is 0.757. The highest BCUT2D eigenvalue weighted by atomic mass is 16.4.